The van der Waals surface area contributed by atoms with Crippen molar-refractivity contribution in [2.24, 2.45) is 0 Å². The largest absolute Gasteiger partial charge is 0.494 e. The monoisotopic (exact) mass is 304 g/mol. The van der Waals surface area contributed by atoms with Gasteiger partial charge in [0.2, 0.25) is 0 Å². The molecular weight excluding hydrogens is 288 g/mol. The van der Waals surface area contributed by atoms with Crippen molar-refractivity contribution in [2.75, 3.05) is 12.3 Å². The van der Waals surface area contributed by atoms with Crippen LogP contribution < -0.4 is 15.8 Å². The van der Waals surface area contributed by atoms with Gasteiger partial charge in [0.15, 0.2) is 0 Å². The molecule has 1 amide bonds. The van der Waals surface area contributed by atoms with E-state index >= 15 is 0 Å². The Morgan fingerprint density at radius 1 is 1.29 bits per heavy atom. The van der Waals surface area contributed by atoms with Gasteiger partial charge in [0.25, 0.3) is 5.91 Å². The van der Waals surface area contributed by atoms with Crippen LogP contribution in [0.25, 0.3) is 0 Å². The first kappa shape index (κ1) is 15.2. The summed E-state index contributed by atoms with van der Waals surface area (Å²) in [6.45, 7) is 2.96. The Morgan fingerprint density at radius 2 is 2.10 bits per heavy atom. The Bertz CT molecular complexity index is 644. The molecular formula is C16H17ClN2O2. The molecule has 0 saturated heterocycles. The lowest BCUT2D eigenvalue weighted by Crippen LogP contribution is -2.22. The van der Waals surface area contributed by atoms with Gasteiger partial charge in [0, 0.05) is 12.1 Å². The quantitative estimate of drug-likeness (QED) is 0.833. The van der Waals surface area contributed by atoms with Crippen molar-refractivity contribution >= 4 is 23.2 Å². The van der Waals surface area contributed by atoms with Crippen molar-refractivity contribution in [3.63, 3.8) is 0 Å². The molecule has 0 heterocycles. The second-order valence-corrected chi connectivity index (χ2v) is 4.91. The summed E-state index contributed by atoms with van der Waals surface area (Å²) >= 11 is 5.83. The summed E-state index contributed by atoms with van der Waals surface area (Å²) in [5, 5.41) is 3.28. The van der Waals surface area contributed by atoms with E-state index in [0.29, 0.717) is 29.4 Å². The van der Waals surface area contributed by atoms with Crippen molar-refractivity contribution in [3.8, 4) is 5.75 Å². The highest BCUT2D eigenvalue weighted by molar-refractivity contribution is 6.33. The molecule has 2 aromatic rings. The van der Waals surface area contributed by atoms with Crippen LogP contribution in [-0.2, 0) is 6.54 Å². The third kappa shape index (κ3) is 4.13. The SMILES string of the molecule is CCOc1cccc(CNC(=O)c2ccc(Cl)c(N)c2)c1. The number of halogens is 1. The number of amides is 1. The van der Waals surface area contributed by atoms with E-state index in [4.69, 9.17) is 22.1 Å². The minimum absolute atomic E-state index is 0.194. The summed E-state index contributed by atoms with van der Waals surface area (Å²) in [4.78, 5) is 12.1. The van der Waals surface area contributed by atoms with Crippen LogP contribution in [-0.4, -0.2) is 12.5 Å². The van der Waals surface area contributed by atoms with Crippen LogP contribution in [0.4, 0.5) is 5.69 Å². The fourth-order valence-electron chi connectivity index (χ4n) is 1.88. The average Bonchev–Trinajstić information content (AvgIpc) is 2.48. The van der Waals surface area contributed by atoms with E-state index in [9.17, 15) is 4.79 Å². The van der Waals surface area contributed by atoms with Gasteiger partial charge in [-0.15, -0.1) is 0 Å². The molecule has 0 aliphatic heterocycles. The molecule has 0 aliphatic carbocycles. The second-order valence-electron chi connectivity index (χ2n) is 4.50. The van der Waals surface area contributed by atoms with Gasteiger partial charge in [0.1, 0.15) is 5.75 Å². The molecule has 2 rings (SSSR count). The van der Waals surface area contributed by atoms with E-state index in [1.807, 2.05) is 31.2 Å². The van der Waals surface area contributed by atoms with Gasteiger partial charge in [-0.3, -0.25) is 4.79 Å². The summed E-state index contributed by atoms with van der Waals surface area (Å²) in [6.07, 6.45) is 0. The highest BCUT2D eigenvalue weighted by Crippen LogP contribution is 2.19. The van der Waals surface area contributed by atoms with Crippen molar-refractivity contribution in [1.29, 1.82) is 0 Å². The van der Waals surface area contributed by atoms with Gasteiger partial charge >= 0.3 is 0 Å². The molecule has 110 valence electrons. The third-order valence-corrected chi connectivity index (χ3v) is 3.26. The van der Waals surface area contributed by atoms with Crippen molar-refractivity contribution in [2.45, 2.75) is 13.5 Å². The molecule has 21 heavy (non-hydrogen) atoms. The third-order valence-electron chi connectivity index (χ3n) is 2.92. The maximum atomic E-state index is 12.1. The number of anilines is 1. The lowest BCUT2D eigenvalue weighted by molar-refractivity contribution is 0.0951. The molecule has 5 heteroatoms. The van der Waals surface area contributed by atoms with Crippen LogP contribution in [0.1, 0.15) is 22.8 Å². The van der Waals surface area contributed by atoms with Gasteiger partial charge < -0.3 is 15.8 Å². The van der Waals surface area contributed by atoms with Crippen LogP contribution in [0.3, 0.4) is 0 Å². The van der Waals surface area contributed by atoms with E-state index in [2.05, 4.69) is 5.32 Å². The predicted molar refractivity (Wildman–Crippen MR) is 84.6 cm³/mol. The minimum atomic E-state index is -0.194. The maximum absolute atomic E-state index is 12.1. The van der Waals surface area contributed by atoms with Crippen LogP contribution in [0.2, 0.25) is 5.02 Å². The first-order valence-corrected chi connectivity index (χ1v) is 7.03. The van der Waals surface area contributed by atoms with Gasteiger partial charge in [-0.05, 0) is 42.8 Å². The van der Waals surface area contributed by atoms with Crippen LogP contribution in [0.15, 0.2) is 42.5 Å². The van der Waals surface area contributed by atoms with E-state index in [-0.39, 0.29) is 5.91 Å². The Morgan fingerprint density at radius 3 is 2.81 bits per heavy atom. The van der Waals surface area contributed by atoms with Crippen molar-refractivity contribution in [3.05, 3.63) is 58.6 Å². The predicted octanol–water partition coefficient (Wildman–Crippen LogP) is 3.25. The summed E-state index contributed by atoms with van der Waals surface area (Å²) in [5.41, 5.74) is 7.53. The van der Waals surface area contributed by atoms with E-state index in [0.717, 1.165) is 11.3 Å². The number of rotatable bonds is 5. The van der Waals surface area contributed by atoms with Gasteiger partial charge in [-0.25, -0.2) is 0 Å². The zero-order valence-electron chi connectivity index (χ0n) is 11.7. The van der Waals surface area contributed by atoms with E-state index in [1.54, 1.807) is 18.2 Å². The zero-order valence-corrected chi connectivity index (χ0v) is 12.5. The Kier molecular flexibility index (Phi) is 5.06. The number of nitrogens with two attached hydrogens (primary N) is 1. The number of carbonyl (C=O) groups is 1. The number of carbonyl (C=O) groups excluding carboxylic acids is 1. The summed E-state index contributed by atoms with van der Waals surface area (Å²) < 4.78 is 5.42. The Hall–Kier alpha value is -2.20. The molecule has 0 unspecified atom stereocenters. The normalized spacial score (nSPS) is 10.2. The second kappa shape index (κ2) is 6.99. The highest BCUT2D eigenvalue weighted by atomic mass is 35.5. The molecule has 0 aromatic heterocycles. The molecule has 0 saturated carbocycles. The standard InChI is InChI=1S/C16H17ClN2O2/c1-2-21-13-5-3-4-11(8-13)10-19-16(20)12-6-7-14(17)15(18)9-12/h3-9H,2,10,18H2,1H3,(H,19,20). The molecule has 2 aromatic carbocycles. The first-order chi connectivity index (χ1) is 10.1. The molecule has 0 atom stereocenters. The van der Waals surface area contributed by atoms with Crippen LogP contribution in [0.5, 0.6) is 5.75 Å². The number of benzene rings is 2. The molecule has 4 nitrogen and oxygen atoms in total. The van der Waals surface area contributed by atoms with Gasteiger partial charge in [0.05, 0.1) is 17.3 Å². The Labute approximate surface area is 128 Å². The maximum Gasteiger partial charge on any atom is 0.251 e. The minimum Gasteiger partial charge on any atom is -0.494 e. The van der Waals surface area contributed by atoms with E-state index < -0.39 is 0 Å². The topological polar surface area (TPSA) is 64.3 Å². The molecule has 0 spiro atoms. The van der Waals surface area contributed by atoms with Gasteiger partial charge in [-0.1, -0.05) is 23.7 Å². The fraction of sp³-hybridized carbons (Fsp3) is 0.188. The highest BCUT2D eigenvalue weighted by Gasteiger charge is 2.07. The summed E-state index contributed by atoms with van der Waals surface area (Å²) in [5.74, 6) is 0.597. The van der Waals surface area contributed by atoms with E-state index in [1.165, 1.54) is 0 Å². The number of hydrogen-bond acceptors (Lipinski definition) is 3. The molecule has 3 N–H and O–H groups in total. The summed E-state index contributed by atoms with van der Waals surface area (Å²) in [7, 11) is 0. The first-order valence-electron chi connectivity index (χ1n) is 6.65. The van der Waals surface area contributed by atoms with Crippen LogP contribution in [0, 0.1) is 0 Å². The number of ether oxygens (including phenoxy) is 1. The number of nitrogens with one attached hydrogen (secondary N) is 1. The Balaban J connectivity index is 2.00. The molecule has 0 radical (unpaired) electrons. The van der Waals surface area contributed by atoms with Crippen LogP contribution >= 0.6 is 11.6 Å². The van der Waals surface area contributed by atoms with Crippen molar-refractivity contribution in [1.82, 2.24) is 5.32 Å². The zero-order chi connectivity index (χ0) is 15.2. The van der Waals surface area contributed by atoms with Crippen molar-refractivity contribution < 1.29 is 9.53 Å². The molecule has 0 aliphatic rings. The van der Waals surface area contributed by atoms with Gasteiger partial charge in [-0.2, -0.15) is 0 Å². The summed E-state index contributed by atoms with van der Waals surface area (Å²) in [6, 6.07) is 12.4. The molecule has 0 bridgehead atoms. The number of hydrogen-bond donors (Lipinski definition) is 2. The fourth-order valence-corrected chi connectivity index (χ4v) is 2.00. The lowest BCUT2D eigenvalue weighted by Gasteiger charge is -2.08. The molecule has 0 fully saturated rings. The average molecular weight is 305 g/mol. The number of nitrogen functional groups attached to an aromatic ring is 1. The smallest absolute Gasteiger partial charge is 0.251 e. The lowest BCUT2D eigenvalue weighted by atomic mass is 10.1.